The molecular weight excluding hydrogens is 182 g/mol. The highest BCUT2D eigenvalue weighted by molar-refractivity contribution is 4.95. The summed E-state index contributed by atoms with van der Waals surface area (Å²) >= 11 is 0. The van der Waals surface area contributed by atoms with Crippen LogP contribution in [0.3, 0.4) is 0 Å². The Balaban J connectivity index is 2.41. The molecule has 1 heteroatoms. The van der Waals surface area contributed by atoms with Crippen LogP contribution < -0.4 is 5.32 Å². The molecule has 0 heterocycles. The van der Waals surface area contributed by atoms with Gasteiger partial charge >= 0.3 is 0 Å². The second kappa shape index (κ2) is 7.05. The van der Waals surface area contributed by atoms with Gasteiger partial charge in [0.25, 0.3) is 0 Å². The molecule has 0 bridgehead atoms. The first-order valence-electron chi connectivity index (χ1n) is 6.61. The summed E-state index contributed by atoms with van der Waals surface area (Å²) in [4.78, 5) is 0. The average molecular weight is 209 g/mol. The van der Waals surface area contributed by atoms with Crippen LogP contribution in [0.1, 0.15) is 58.8 Å². The zero-order valence-corrected chi connectivity index (χ0v) is 10.5. The molecule has 1 nitrogen and oxygen atoms in total. The fourth-order valence-electron chi connectivity index (χ4n) is 2.65. The average Bonchev–Trinajstić information content (AvgIpc) is 2.25. The lowest BCUT2D eigenvalue weighted by molar-refractivity contribution is 0.267. The van der Waals surface area contributed by atoms with Crippen molar-refractivity contribution < 1.29 is 0 Å². The maximum absolute atomic E-state index is 4.06. The van der Waals surface area contributed by atoms with E-state index >= 15 is 0 Å². The van der Waals surface area contributed by atoms with Crippen LogP contribution in [0.2, 0.25) is 0 Å². The molecule has 1 saturated carbocycles. The van der Waals surface area contributed by atoms with Crippen LogP contribution in [-0.4, -0.2) is 12.6 Å². The molecule has 0 aliphatic heterocycles. The van der Waals surface area contributed by atoms with Gasteiger partial charge in [-0.2, -0.15) is 0 Å². The van der Waals surface area contributed by atoms with E-state index in [4.69, 9.17) is 0 Å². The quantitative estimate of drug-likeness (QED) is 0.654. The van der Waals surface area contributed by atoms with Gasteiger partial charge in [-0.1, -0.05) is 31.8 Å². The first-order chi connectivity index (χ1) is 7.24. The minimum absolute atomic E-state index is 0.697. The van der Waals surface area contributed by atoms with Gasteiger partial charge in [0.05, 0.1) is 0 Å². The summed E-state index contributed by atoms with van der Waals surface area (Å²) in [7, 11) is 0. The van der Waals surface area contributed by atoms with E-state index in [1.165, 1.54) is 50.5 Å². The zero-order valence-electron chi connectivity index (χ0n) is 10.5. The van der Waals surface area contributed by atoms with Crippen molar-refractivity contribution >= 4 is 0 Å². The highest BCUT2D eigenvalue weighted by atomic mass is 14.9. The molecule has 0 aromatic heterocycles. The van der Waals surface area contributed by atoms with Crippen LogP contribution >= 0.6 is 0 Å². The first kappa shape index (κ1) is 12.8. The maximum Gasteiger partial charge on any atom is 0.0132 e. The SMILES string of the molecule is C=C(C)CC(NCCC)C1CCCCC1. The van der Waals surface area contributed by atoms with Crippen molar-refractivity contribution in [3.8, 4) is 0 Å². The monoisotopic (exact) mass is 209 g/mol. The minimum atomic E-state index is 0.697. The lowest BCUT2D eigenvalue weighted by atomic mass is 9.81. The van der Waals surface area contributed by atoms with Crippen molar-refractivity contribution in [2.75, 3.05) is 6.54 Å². The smallest absolute Gasteiger partial charge is 0.0132 e. The Morgan fingerprint density at radius 2 is 2.00 bits per heavy atom. The van der Waals surface area contributed by atoms with Gasteiger partial charge in [0.2, 0.25) is 0 Å². The first-order valence-corrected chi connectivity index (χ1v) is 6.61. The third-order valence-electron chi connectivity index (χ3n) is 3.44. The van der Waals surface area contributed by atoms with Crippen LogP contribution in [-0.2, 0) is 0 Å². The highest BCUT2D eigenvalue weighted by Crippen LogP contribution is 2.28. The molecule has 15 heavy (non-hydrogen) atoms. The highest BCUT2D eigenvalue weighted by Gasteiger charge is 2.22. The van der Waals surface area contributed by atoms with E-state index in [0.29, 0.717) is 6.04 Å². The molecule has 0 saturated heterocycles. The van der Waals surface area contributed by atoms with E-state index in [1.807, 2.05) is 0 Å². The molecular formula is C14H27N. The van der Waals surface area contributed by atoms with E-state index in [0.717, 1.165) is 12.5 Å². The molecule has 1 fully saturated rings. The Hall–Kier alpha value is -0.300. The number of nitrogens with one attached hydrogen (secondary N) is 1. The maximum atomic E-state index is 4.06. The standard InChI is InChI=1S/C14H27N/c1-4-10-15-14(11-12(2)3)13-8-6-5-7-9-13/h13-15H,2,4-11H2,1,3H3. The molecule has 0 aromatic rings. The number of rotatable bonds is 6. The van der Waals surface area contributed by atoms with E-state index in [1.54, 1.807) is 0 Å². The predicted octanol–water partition coefficient (Wildman–Crippen LogP) is 3.90. The summed E-state index contributed by atoms with van der Waals surface area (Å²) in [6.45, 7) is 9.62. The van der Waals surface area contributed by atoms with Gasteiger partial charge in [0, 0.05) is 6.04 Å². The Labute approximate surface area is 95.3 Å². The normalized spacial score (nSPS) is 20.1. The molecule has 0 amide bonds. The fourth-order valence-corrected chi connectivity index (χ4v) is 2.65. The predicted molar refractivity (Wildman–Crippen MR) is 68.1 cm³/mol. The van der Waals surface area contributed by atoms with Gasteiger partial charge in [-0.05, 0) is 45.1 Å². The summed E-state index contributed by atoms with van der Waals surface area (Å²) in [6, 6.07) is 0.697. The molecule has 0 radical (unpaired) electrons. The summed E-state index contributed by atoms with van der Waals surface area (Å²) in [5, 5.41) is 3.71. The minimum Gasteiger partial charge on any atom is -0.313 e. The van der Waals surface area contributed by atoms with Crippen LogP contribution in [0, 0.1) is 5.92 Å². The third-order valence-corrected chi connectivity index (χ3v) is 3.44. The summed E-state index contributed by atoms with van der Waals surface area (Å²) in [5.41, 5.74) is 1.33. The molecule has 1 N–H and O–H groups in total. The lowest BCUT2D eigenvalue weighted by Crippen LogP contribution is -2.37. The van der Waals surface area contributed by atoms with Crippen LogP contribution in [0.25, 0.3) is 0 Å². The molecule has 1 rings (SSSR count). The van der Waals surface area contributed by atoms with Crippen LogP contribution in [0.15, 0.2) is 12.2 Å². The summed E-state index contributed by atoms with van der Waals surface area (Å²) in [6.07, 6.45) is 9.58. The van der Waals surface area contributed by atoms with Crippen molar-refractivity contribution in [1.82, 2.24) is 5.32 Å². The van der Waals surface area contributed by atoms with Crippen molar-refractivity contribution in [3.63, 3.8) is 0 Å². The Morgan fingerprint density at radius 3 is 2.53 bits per heavy atom. The number of hydrogen-bond acceptors (Lipinski definition) is 1. The van der Waals surface area contributed by atoms with Crippen molar-refractivity contribution in [3.05, 3.63) is 12.2 Å². The van der Waals surface area contributed by atoms with Gasteiger partial charge in [-0.15, -0.1) is 6.58 Å². The molecule has 0 aromatic carbocycles. The van der Waals surface area contributed by atoms with Crippen molar-refractivity contribution in [2.45, 2.75) is 64.8 Å². The molecule has 1 aliphatic rings. The molecule has 1 atom stereocenters. The van der Waals surface area contributed by atoms with Crippen LogP contribution in [0.4, 0.5) is 0 Å². The topological polar surface area (TPSA) is 12.0 Å². The van der Waals surface area contributed by atoms with Crippen molar-refractivity contribution in [1.29, 1.82) is 0 Å². The van der Waals surface area contributed by atoms with Crippen LogP contribution in [0.5, 0.6) is 0 Å². The molecule has 1 aliphatic carbocycles. The Bertz CT molecular complexity index is 180. The van der Waals surface area contributed by atoms with Crippen molar-refractivity contribution in [2.24, 2.45) is 5.92 Å². The van der Waals surface area contributed by atoms with Gasteiger partial charge in [0.15, 0.2) is 0 Å². The van der Waals surface area contributed by atoms with Gasteiger partial charge < -0.3 is 5.32 Å². The van der Waals surface area contributed by atoms with Gasteiger partial charge in [-0.3, -0.25) is 0 Å². The third kappa shape index (κ3) is 4.83. The summed E-state index contributed by atoms with van der Waals surface area (Å²) in [5.74, 6) is 0.905. The Kier molecular flexibility index (Phi) is 6.00. The lowest BCUT2D eigenvalue weighted by Gasteiger charge is -2.31. The second-order valence-corrected chi connectivity index (χ2v) is 5.12. The van der Waals surface area contributed by atoms with E-state index in [2.05, 4.69) is 25.7 Å². The van der Waals surface area contributed by atoms with Gasteiger partial charge in [0.1, 0.15) is 0 Å². The number of hydrogen-bond donors (Lipinski definition) is 1. The zero-order chi connectivity index (χ0) is 11.1. The molecule has 88 valence electrons. The van der Waals surface area contributed by atoms with E-state index < -0.39 is 0 Å². The summed E-state index contributed by atoms with van der Waals surface area (Å²) < 4.78 is 0. The largest absolute Gasteiger partial charge is 0.313 e. The second-order valence-electron chi connectivity index (χ2n) is 5.12. The van der Waals surface area contributed by atoms with E-state index in [-0.39, 0.29) is 0 Å². The Morgan fingerprint density at radius 1 is 1.33 bits per heavy atom. The fraction of sp³-hybridized carbons (Fsp3) is 0.857. The molecule has 0 spiro atoms. The van der Waals surface area contributed by atoms with Gasteiger partial charge in [-0.25, -0.2) is 0 Å². The molecule has 1 unspecified atom stereocenters. The van der Waals surface area contributed by atoms with E-state index in [9.17, 15) is 0 Å².